The first kappa shape index (κ1) is 16.7. The van der Waals surface area contributed by atoms with Crippen molar-refractivity contribution in [1.29, 1.82) is 0 Å². The van der Waals surface area contributed by atoms with Gasteiger partial charge in [-0.25, -0.2) is 0 Å². The van der Waals surface area contributed by atoms with Crippen LogP contribution in [0.1, 0.15) is 59.3 Å². The quantitative estimate of drug-likeness (QED) is 0.761. The number of nitrogens with one attached hydrogen (secondary N) is 1. The van der Waals surface area contributed by atoms with E-state index in [0.717, 1.165) is 17.8 Å². The van der Waals surface area contributed by atoms with Crippen molar-refractivity contribution in [3.05, 3.63) is 0 Å². The molecule has 4 fully saturated rings. The number of rotatable bonds is 5. The van der Waals surface area contributed by atoms with Crippen molar-refractivity contribution in [2.45, 2.75) is 64.8 Å². The van der Waals surface area contributed by atoms with Crippen LogP contribution in [-0.4, -0.2) is 30.8 Å². The Morgan fingerprint density at radius 1 is 1.09 bits per heavy atom. The molecule has 4 aliphatic rings. The average molecular weight is 330 g/mol. The molecule has 1 unspecified atom stereocenters. The van der Waals surface area contributed by atoms with Crippen LogP contribution in [0, 0.1) is 29.1 Å². The van der Waals surface area contributed by atoms with Crippen molar-refractivity contribution < 1.29 is 13.0 Å². The highest BCUT2D eigenvalue weighted by atomic mass is 32.2. The highest BCUT2D eigenvalue weighted by Crippen LogP contribution is 2.55. The van der Waals surface area contributed by atoms with Gasteiger partial charge in [-0.05, 0) is 67.6 Å². The summed E-state index contributed by atoms with van der Waals surface area (Å²) in [7, 11) is -3.92. The summed E-state index contributed by atoms with van der Waals surface area (Å²) in [6.45, 7) is 6.87. The van der Waals surface area contributed by atoms with Gasteiger partial charge in [-0.2, -0.15) is 8.42 Å². The Labute approximate surface area is 135 Å². The zero-order chi connectivity index (χ0) is 16.2. The lowest BCUT2D eigenvalue weighted by molar-refractivity contribution is -0.0229. The van der Waals surface area contributed by atoms with Crippen molar-refractivity contribution in [3.8, 4) is 0 Å². The molecule has 0 amide bonds. The minimum Gasteiger partial charge on any atom is -0.311 e. The van der Waals surface area contributed by atoms with Gasteiger partial charge in [0.15, 0.2) is 0 Å². The van der Waals surface area contributed by atoms with Gasteiger partial charge in [0.05, 0.1) is 5.75 Å². The Morgan fingerprint density at radius 2 is 1.55 bits per heavy atom. The van der Waals surface area contributed by atoms with E-state index < -0.39 is 10.1 Å². The van der Waals surface area contributed by atoms with Gasteiger partial charge in [0.2, 0.25) is 0 Å². The minimum atomic E-state index is -3.92. The van der Waals surface area contributed by atoms with Crippen molar-refractivity contribution in [2.24, 2.45) is 29.1 Å². The predicted molar refractivity (Wildman–Crippen MR) is 88.3 cm³/mol. The van der Waals surface area contributed by atoms with E-state index in [0.29, 0.717) is 6.54 Å². The molecule has 2 N–H and O–H groups in total. The summed E-state index contributed by atoms with van der Waals surface area (Å²) in [6.07, 6.45) is 8.03. The third kappa shape index (κ3) is 3.68. The summed E-state index contributed by atoms with van der Waals surface area (Å²) in [5.74, 6) is 2.45. The average Bonchev–Trinajstić information content (AvgIpc) is 2.30. The zero-order valence-electron chi connectivity index (χ0n) is 14.1. The van der Waals surface area contributed by atoms with Crippen LogP contribution in [-0.2, 0) is 10.1 Å². The van der Waals surface area contributed by atoms with E-state index in [4.69, 9.17) is 0 Å². The fourth-order valence-electron chi connectivity index (χ4n) is 5.54. The summed E-state index contributed by atoms with van der Waals surface area (Å²) in [5.41, 5.74) is 0.114. The first-order chi connectivity index (χ1) is 10.0. The molecule has 4 rings (SSSR count). The van der Waals surface area contributed by atoms with Gasteiger partial charge in [-0.3, -0.25) is 4.55 Å². The second-order valence-electron chi connectivity index (χ2n) is 9.39. The third-order valence-electron chi connectivity index (χ3n) is 6.40. The maximum Gasteiger partial charge on any atom is 0.265 e. The number of hydrogen-bond donors (Lipinski definition) is 2. The SMILES string of the molecule is CC(C)(C)C(CNC12CC3CC(CC(C3)C1)C2)CS(=O)(=O)O. The lowest BCUT2D eigenvalue weighted by Gasteiger charge is -2.57. The van der Waals surface area contributed by atoms with E-state index in [-0.39, 0.29) is 22.6 Å². The predicted octanol–water partition coefficient (Wildman–Crippen LogP) is 3.09. The first-order valence-corrected chi connectivity index (χ1v) is 10.4. The Kier molecular flexibility index (Phi) is 4.14. The van der Waals surface area contributed by atoms with Crippen LogP contribution in [0.3, 0.4) is 0 Å². The molecular formula is C17H31NO3S. The Balaban J connectivity index is 1.67. The summed E-state index contributed by atoms with van der Waals surface area (Å²) >= 11 is 0. The maximum atomic E-state index is 11.3. The second-order valence-corrected chi connectivity index (χ2v) is 10.9. The molecule has 128 valence electrons. The van der Waals surface area contributed by atoms with Gasteiger partial charge in [0.25, 0.3) is 10.1 Å². The van der Waals surface area contributed by atoms with E-state index in [1.54, 1.807) is 0 Å². The zero-order valence-corrected chi connectivity index (χ0v) is 15.0. The van der Waals surface area contributed by atoms with Crippen LogP contribution in [0.5, 0.6) is 0 Å². The lowest BCUT2D eigenvalue weighted by atomic mass is 9.53. The smallest absolute Gasteiger partial charge is 0.265 e. The molecule has 1 atom stereocenters. The highest BCUT2D eigenvalue weighted by Gasteiger charge is 2.50. The van der Waals surface area contributed by atoms with Gasteiger partial charge < -0.3 is 5.32 Å². The summed E-state index contributed by atoms with van der Waals surface area (Å²) in [5, 5.41) is 3.78. The summed E-state index contributed by atoms with van der Waals surface area (Å²) in [6, 6.07) is 0. The maximum absolute atomic E-state index is 11.3. The molecule has 4 nitrogen and oxygen atoms in total. The van der Waals surface area contributed by atoms with Crippen LogP contribution < -0.4 is 5.32 Å². The monoisotopic (exact) mass is 329 g/mol. The summed E-state index contributed by atoms with van der Waals surface area (Å²) in [4.78, 5) is 0. The minimum absolute atomic E-state index is 0.0597. The van der Waals surface area contributed by atoms with E-state index in [9.17, 15) is 13.0 Å². The van der Waals surface area contributed by atoms with Gasteiger partial charge in [-0.1, -0.05) is 20.8 Å². The fourth-order valence-corrected chi connectivity index (χ4v) is 6.66. The van der Waals surface area contributed by atoms with Crippen molar-refractivity contribution >= 4 is 10.1 Å². The molecule has 0 heterocycles. The standard InChI is InChI=1S/C17H31NO3S/c1-16(2,3)15(11-22(19,20)21)10-18-17-7-12-4-13(8-17)6-14(5-12)9-17/h12-15,18H,4-11H2,1-3H3,(H,19,20,21). The molecule has 0 aromatic carbocycles. The molecule has 0 aromatic rings. The first-order valence-electron chi connectivity index (χ1n) is 8.75. The van der Waals surface area contributed by atoms with Gasteiger partial charge in [-0.15, -0.1) is 0 Å². The highest BCUT2D eigenvalue weighted by molar-refractivity contribution is 7.85. The van der Waals surface area contributed by atoms with Gasteiger partial charge in [0.1, 0.15) is 0 Å². The van der Waals surface area contributed by atoms with Crippen LogP contribution in [0.15, 0.2) is 0 Å². The molecule has 22 heavy (non-hydrogen) atoms. The third-order valence-corrected chi connectivity index (χ3v) is 7.22. The van der Waals surface area contributed by atoms with E-state index in [2.05, 4.69) is 26.1 Å². The normalized spacial score (nSPS) is 39.2. The van der Waals surface area contributed by atoms with E-state index in [1.165, 1.54) is 38.5 Å². The van der Waals surface area contributed by atoms with Crippen molar-refractivity contribution in [2.75, 3.05) is 12.3 Å². The molecule has 0 aliphatic heterocycles. The van der Waals surface area contributed by atoms with Crippen LogP contribution in [0.4, 0.5) is 0 Å². The molecule has 4 bridgehead atoms. The lowest BCUT2D eigenvalue weighted by Crippen LogP contribution is -2.59. The molecule has 5 heteroatoms. The molecule has 0 saturated heterocycles. The van der Waals surface area contributed by atoms with Crippen LogP contribution >= 0.6 is 0 Å². The Morgan fingerprint density at radius 3 is 1.91 bits per heavy atom. The van der Waals surface area contributed by atoms with Crippen molar-refractivity contribution in [1.82, 2.24) is 5.32 Å². The largest absolute Gasteiger partial charge is 0.311 e. The molecule has 0 aromatic heterocycles. The second kappa shape index (κ2) is 5.45. The molecule has 4 saturated carbocycles. The summed E-state index contributed by atoms with van der Waals surface area (Å²) < 4.78 is 31.9. The van der Waals surface area contributed by atoms with Crippen LogP contribution in [0.2, 0.25) is 0 Å². The Hall–Kier alpha value is -0.130. The number of hydrogen-bond acceptors (Lipinski definition) is 3. The fraction of sp³-hybridized carbons (Fsp3) is 1.00. The Bertz CT molecular complexity index is 485. The molecular weight excluding hydrogens is 298 g/mol. The van der Waals surface area contributed by atoms with Gasteiger partial charge in [0, 0.05) is 12.1 Å². The van der Waals surface area contributed by atoms with E-state index in [1.807, 2.05) is 0 Å². The topological polar surface area (TPSA) is 66.4 Å². The molecule has 4 aliphatic carbocycles. The van der Waals surface area contributed by atoms with Crippen LogP contribution in [0.25, 0.3) is 0 Å². The molecule has 0 spiro atoms. The molecule has 0 radical (unpaired) electrons. The van der Waals surface area contributed by atoms with Gasteiger partial charge >= 0.3 is 0 Å². The van der Waals surface area contributed by atoms with E-state index >= 15 is 0 Å². The van der Waals surface area contributed by atoms with Crippen molar-refractivity contribution in [3.63, 3.8) is 0 Å².